The molecule has 1 fully saturated rings. The van der Waals surface area contributed by atoms with Crippen molar-refractivity contribution in [1.82, 2.24) is 15.3 Å². The van der Waals surface area contributed by atoms with Crippen LogP contribution in [0.3, 0.4) is 0 Å². The lowest BCUT2D eigenvalue weighted by atomic mass is 10.0. The average Bonchev–Trinajstić information content (AvgIpc) is 2.74. The van der Waals surface area contributed by atoms with E-state index in [2.05, 4.69) is 64.0 Å². The zero-order valence-corrected chi connectivity index (χ0v) is 12.3. The molecular formula is C18H21N3. The molecule has 1 saturated heterocycles. The molecule has 3 aliphatic rings. The van der Waals surface area contributed by atoms with Gasteiger partial charge in [-0.05, 0) is 41.7 Å². The Morgan fingerprint density at radius 1 is 1.00 bits per heavy atom. The smallest absolute Gasteiger partial charge is 0.0611 e. The third kappa shape index (κ3) is 2.43. The fourth-order valence-electron chi connectivity index (χ4n) is 3.36. The van der Waals surface area contributed by atoms with Gasteiger partial charge in [0.1, 0.15) is 0 Å². The minimum atomic E-state index is 1.06. The van der Waals surface area contributed by atoms with E-state index in [0.717, 1.165) is 39.0 Å². The van der Waals surface area contributed by atoms with Crippen LogP contribution in [0.1, 0.15) is 17.5 Å². The van der Waals surface area contributed by atoms with Crippen molar-refractivity contribution in [2.45, 2.75) is 12.8 Å². The molecule has 3 nitrogen and oxygen atoms in total. The standard InChI is InChI=1S/C18H21N3/c1-2-5-17-14-18-16(8-7-15(17)4-1)6-3-11-21(18)20-12-9-19-10-13-20/h1-6,11,14,19H,7-10,12-13H2. The van der Waals surface area contributed by atoms with Crippen molar-refractivity contribution >= 4 is 6.08 Å². The summed E-state index contributed by atoms with van der Waals surface area (Å²) in [5.41, 5.74) is 5.63. The molecule has 1 aromatic rings. The molecule has 21 heavy (non-hydrogen) atoms. The molecular weight excluding hydrogens is 258 g/mol. The normalized spacial score (nSPS) is 22.0. The third-order valence-electron chi connectivity index (χ3n) is 4.51. The number of rotatable bonds is 1. The van der Waals surface area contributed by atoms with E-state index in [1.165, 1.54) is 22.4 Å². The molecule has 3 heteroatoms. The molecule has 0 amide bonds. The van der Waals surface area contributed by atoms with Crippen molar-refractivity contribution in [3.8, 4) is 0 Å². The maximum Gasteiger partial charge on any atom is 0.0611 e. The predicted molar refractivity (Wildman–Crippen MR) is 86.2 cm³/mol. The minimum Gasteiger partial charge on any atom is -0.314 e. The van der Waals surface area contributed by atoms with Crippen molar-refractivity contribution in [2.24, 2.45) is 0 Å². The Morgan fingerprint density at radius 3 is 2.76 bits per heavy atom. The first kappa shape index (κ1) is 12.9. The summed E-state index contributed by atoms with van der Waals surface area (Å²) in [6, 6.07) is 8.78. The molecule has 108 valence electrons. The first-order valence-corrected chi connectivity index (χ1v) is 7.84. The Hall–Kier alpha value is -1.84. The fraction of sp³-hybridized carbons (Fsp3) is 0.333. The lowest BCUT2D eigenvalue weighted by molar-refractivity contribution is 0.0437. The Bertz CT molecular complexity index is 621. The minimum absolute atomic E-state index is 1.06. The van der Waals surface area contributed by atoms with E-state index in [0.29, 0.717) is 0 Å². The lowest BCUT2D eigenvalue weighted by Crippen LogP contribution is -2.50. The van der Waals surface area contributed by atoms with Crippen molar-refractivity contribution in [2.75, 3.05) is 26.2 Å². The zero-order valence-electron chi connectivity index (χ0n) is 12.3. The van der Waals surface area contributed by atoms with Gasteiger partial charge >= 0.3 is 0 Å². The van der Waals surface area contributed by atoms with Crippen LogP contribution in [-0.2, 0) is 6.42 Å². The quantitative estimate of drug-likeness (QED) is 0.852. The number of piperazine rings is 1. The number of hydrogen-bond donors (Lipinski definition) is 1. The van der Waals surface area contributed by atoms with Crippen LogP contribution in [0.25, 0.3) is 6.08 Å². The van der Waals surface area contributed by atoms with Crippen LogP contribution in [-0.4, -0.2) is 36.2 Å². The monoisotopic (exact) mass is 279 g/mol. The Kier molecular flexibility index (Phi) is 3.37. The van der Waals surface area contributed by atoms with Crippen molar-refractivity contribution in [3.63, 3.8) is 0 Å². The van der Waals surface area contributed by atoms with Gasteiger partial charge in [0.2, 0.25) is 0 Å². The van der Waals surface area contributed by atoms with Gasteiger partial charge in [0.15, 0.2) is 0 Å². The zero-order chi connectivity index (χ0) is 14.1. The highest BCUT2D eigenvalue weighted by Gasteiger charge is 2.24. The first-order chi connectivity index (χ1) is 10.4. The number of aryl methyl sites for hydroxylation is 1. The van der Waals surface area contributed by atoms with Crippen molar-refractivity contribution in [3.05, 3.63) is 65.0 Å². The molecule has 0 radical (unpaired) electrons. The van der Waals surface area contributed by atoms with Gasteiger partial charge in [-0.3, -0.25) is 5.01 Å². The summed E-state index contributed by atoms with van der Waals surface area (Å²) in [6.45, 7) is 4.26. The Labute approximate surface area is 126 Å². The molecule has 0 aromatic heterocycles. The Morgan fingerprint density at radius 2 is 1.86 bits per heavy atom. The van der Waals surface area contributed by atoms with Crippen LogP contribution < -0.4 is 5.32 Å². The molecule has 0 saturated carbocycles. The van der Waals surface area contributed by atoms with E-state index in [-0.39, 0.29) is 0 Å². The van der Waals surface area contributed by atoms with E-state index in [1.807, 2.05) is 0 Å². The van der Waals surface area contributed by atoms with Crippen LogP contribution in [0.5, 0.6) is 0 Å². The van der Waals surface area contributed by atoms with E-state index >= 15 is 0 Å². The van der Waals surface area contributed by atoms with Crippen LogP contribution in [0, 0.1) is 0 Å². The molecule has 1 N–H and O–H groups in total. The van der Waals surface area contributed by atoms with Crippen LogP contribution in [0.15, 0.2) is 53.9 Å². The lowest BCUT2D eigenvalue weighted by Gasteiger charge is -2.40. The number of nitrogens with one attached hydrogen (secondary N) is 1. The number of nitrogens with zero attached hydrogens (tertiary/aromatic N) is 2. The summed E-state index contributed by atoms with van der Waals surface area (Å²) >= 11 is 0. The molecule has 0 atom stereocenters. The Balaban J connectivity index is 1.72. The molecule has 2 heterocycles. The fourth-order valence-corrected chi connectivity index (χ4v) is 3.36. The van der Waals surface area contributed by atoms with Crippen molar-refractivity contribution in [1.29, 1.82) is 0 Å². The first-order valence-electron chi connectivity index (χ1n) is 7.84. The molecule has 0 spiro atoms. The molecule has 0 bridgehead atoms. The average molecular weight is 279 g/mol. The number of hydrogen-bond acceptors (Lipinski definition) is 3. The summed E-state index contributed by atoms with van der Waals surface area (Å²) < 4.78 is 0. The maximum absolute atomic E-state index is 3.43. The van der Waals surface area contributed by atoms with Gasteiger partial charge in [-0.25, -0.2) is 5.01 Å². The summed E-state index contributed by atoms with van der Waals surface area (Å²) in [6.07, 6.45) is 11.3. The second kappa shape index (κ2) is 5.51. The highest BCUT2D eigenvalue weighted by atomic mass is 15.6. The van der Waals surface area contributed by atoms with Gasteiger partial charge in [0.25, 0.3) is 0 Å². The molecule has 4 rings (SSSR count). The van der Waals surface area contributed by atoms with Crippen LogP contribution in [0.2, 0.25) is 0 Å². The molecule has 0 unspecified atom stereocenters. The van der Waals surface area contributed by atoms with Gasteiger partial charge in [-0.15, -0.1) is 0 Å². The largest absolute Gasteiger partial charge is 0.314 e. The van der Waals surface area contributed by atoms with Crippen molar-refractivity contribution < 1.29 is 0 Å². The second-order valence-corrected chi connectivity index (χ2v) is 5.81. The molecule has 2 aliphatic heterocycles. The highest BCUT2D eigenvalue weighted by Crippen LogP contribution is 2.32. The van der Waals surface area contributed by atoms with Gasteiger partial charge in [-0.1, -0.05) is 30.3 Å². The molecule has 1 aromatic carbocycles. The summed E-state index contributed by atoms with van der Waals surface area (Å²) in [7, 11) is 0. The van der Waals surface area contributed by atoms with E-state index < -0.39 is 0 Å². The van der Waals surface area contributed by atoms with Crippen LogP contribution in [0.4, 0.5) is 0 Å². The predicted octanol–water partition coefficient (Wildman–Crippen LogP) is 2.55. The van der Waals surface area contributed by atoms with E-state index in [1.54, 1.807) is 0 Å². The summed E-state index contributed by atoms with van der Waals surface area (Å²) in [5, 5.41) is 8.23. The number of hydrazine groups is 1. The summed E-state index contributed by atoms with van der Waals surface area (Å²) in [5.74, 6) is 0. The number of allylic oxidation sites excluding steroid dienone is 3. The number of benzene rings is 1. The second-order valence-electron chi connectivity index (χ2n) is 5.81. The summed E-state index contributed by atoms with van der Waals surface area (Å²) in [4.78, 5) is 0. The van der Waals surface area contributed by atoms with Gasteiger partial charge in [0.05, 0.1) is 5.70 Å². The maximum atomic E-state index is 3.43. The van der Waals surface area contributed by atoms with Crippen LogP contribution >= 0.6 is 0 Å². The highest BCUT2D eigenvalue weighted by molar-refractivity contribution is 5.64. The molecule has 1 aliphatic carbocycles. The van der Waals surface area contributed by atoms with Gasteiger partial charge in [-0.2, -0.15) is 0 Å². The van der Waals surface area contributed by atoms with Gasteiger partial charge in [0, 0.05) is 32.4 Å². The topological polar surface area (TPSA) is 18.5 Å². The SMILES string of the molecule is C1=CN(N2CCNCC2)C2=Cc3ccccc3CCC2=C1. The van der Waals surface area contributed by atoms with E-state index in [9.17, 15) is 0 Å². The number of fused-ring (bicyclic) bond motifs is 2. The third-order valence-corrected chi connectivity index (χ3v) is 4.51. The van der Waals surface area contributed by atoms with Gasteiger partial charge < -0.3 is 5.32 Å². The van der Waals surface area contributed by atoms with E-state index in [4.69, 9.17) is 0 Å².